The van der Waals surface area contributed by atoms with Crippen molar-refractivity contribution < 1.29 is 14.2 Å². The molecule has 2 nitrogen and oxygen atoms in total. The van der Waals surface area contributed by atoms with Crippen LogP contribution in [0.25, 0.3) is 0 Å². The normalized spacial score (nSPS) is 38.6. The Hall–Kier alpha value is -0.150. The van der Waals surface area contributed by atoms with Gasteiger partial charge in [0.1, 0.15) is 12.3 Å². The summed E-state index contributed by atoms with van der Waals surface area (Å²) >= 11 is 0. The molecule has 1 unspecified atom stereocenters. The lowest BCUT2D eigenvalue weighted by Gasteiger charge is -1.96. The van der Waals surface area contributed by atoms with Crippen LogP contribution in [0.4, 0.5) is 4.39 Å². The molecule has 0 saturated carbocycles. The van der Waals surface area contributed by atoms with Crippen LogP contribution < -0.4 is 0 Å². The van der Waals surface area contributed by atoms with Crippen LogP contribution in [0.15, 0.2) is 0 Å². The molecule has 0 amide bonds. The van der Waals surface area contributed by atoms with Gasteiger partial charge in [-0.2, -0.15) is 0 Å². The van der Waals surface area contributed by atoms with E-state index < -0.39 is 12.3 Å². The summed E-state index contributed by atoms with van der Waals surface area (Å²) in [5.41, 5.74) is -0.778. The Morgan fingerprint density at radius 1 is 1.86 bits per heavy atom. The van der Waals surface area contributed by atoms with Crippen LogP contribution in [0.3, 0.4) is 0 Å². The summed E-state index contributed by atoms with van der Waals surface area (Å²) in [6, 6.07) is 0. The molecule has 1 aliphatic rings. The molecule has 1 heterocycles. The molecular weight excluding hydrogens is 99.0 g/mol. The summed E-state index contributed by atoms with van der Waals surface area (Å²) in [7, 11) is 0. The summed E-state index contributed by atoms with van der Waals surface area (Å²) < 4.78 is 16.1. The van der Waals surface area contributed by atoms with E-state index in [0.29, 0.717) is 6.61 Å². The van der Waals surface area contributed by atoms with Gasteiger partial charge >= 0.3 is 0 Å². The quantitative estimate of drug-likeness (QED) is 0.491. The Kier molecular flexibility index (Phi) is 1.01. The molecule has 1 aliphatic heterocycles. The molecule has 0 aromatic heterocycles. The molecule has 0 aromatic carbocycles. The van der Waals surface area contributed by atoms with Gasteiger partial charge in [0.25, 0.3) is 0 Å². The van der Waals surface area contributed by atoms with Crippen LogP contribution >= 0.6 is 0 Å². The van der Waals surface area contributed by atoms with E-state index in [2.05, 4.69) is 4.74 Å². The summed E-state index contributed by atoms with van der Waals surface area (Å²) in [5, 5.41) is 8.29. The summed E-state index contributed by atoms with van der Waals surface area (Å²) in [5.74, 6) is 0. The van der Waals surface area contributed by atoms with Gasteiger partial charge in [0.05, 0.1) is 13.2 Å². The predicted molar refractivity (Wildman–Crippen MR) is 21.7 cm³/mol. The molecule has 3 heteroatoms. The van der Waals surface area contributed by atoms with Crippen LogP contribution in [0.2, 0.25) is 0 Å². The Bertz CT molecular complexity index is 64.1. The third-order valence-electron chi connectivity index (χ3n) is 1.08. The highest BCUT2D eigenvalue weighted by atomic mass is 19.1. The van der Waals surface area contributed by atoms with Crippen molar-refractivity contribution in [2.75, 3.05) is 19.9 Å². The fourth-order valence-corrected chi connectivity index (χ4v) is 0.313. The minimum atomic E-state index is -0.778. The SMILES string of the molecule is OCC1(CF)CO1. The van der Waals surface area contributed by atoms with Gasteiger partial charge in [-0.1, -0.05) is 0 Å². The highest BCUT2D eigenvalue weighted by molar-refractivity contribution is 4.90. The average molecular weight is 106 g/mol. The van der Waals surface area contributed by atoms with E-state index in [-0.39, 0.29) is 6.61 Å². The Morgan fingerprint density at radius 2 is 2.43 bits per heavy atom. The smallest absolute Gasteiger partial charge is 0.143 e. The second kappa shape index (κ2) is 1.42. The molecule has 1 saturated heterocycles. The van der Waals surface area contributed by atoms with Gasteiger partial charge in [0.15, 0.2) is 0 Å². The van der Waals surface area contributed by atoms with Gasteiger partial charge in [-0.05, 0) is 0 Å². The fourth-order valence-electron chi connectivity index (χ4n) is 0.313. The summed E-state index contributed by atoms with van der Waals surface area (Å²) in [6.45, 7) is -0.382. The van der Waals surface area contributed by atoms with Gasteiger partial charge in [0, 0.05) is 0 Å². The van der Waals surface area contributed by atoms with Crippen molar-refractivity contribution in [3.8, 4) is 0 Å². The van der Waals surface area contributed by atoms with E-state index in [1.54, 1.807) is 0 Å². The maximum atomic E-state index is 11.5. The number of epoxide rings is 1. The van der Waals surface area contributed by atoms with E-state index in [4.69, 9.17) is 5.11 Å². The maximum absolute atomic E-state index is 11.5. The molecular formula is C4H7FO2. The predicted octanol–water partition coefficient (Wildman–Crippen LogP) is -0.283. The van der Waals surface area contributed by atoms with E-state index in [1.807, 2.05) is 0 Å². The third kappa shape index (κ3) is 0.737. The number of rotatable bonds is 2. The first-order valence-electron chi connectivity index (χ1n) is 2.14. The van der Waals surface area contributed by atoms with Gasteiger partial charge < -0.3 is 9.84 Å². The van der Waals surface area contributed by atoms with Gasteiger partial charge in [-0.3, -0.25) is 0 Å². The molecule has 42 valence electrons. The van der Waals surface area contributed by atoms with Crippen molar-refractivity contribution in [3.05, 3.63) is 0 Å². The third-order valence-corrected chi connectivity index (χ3v) is 1.08. The minimum Gasteiger partial charge on any atom is -0.393 e. The number of aliphatic hydroxyl groups excluding tert-OH is 1. The van der Waals surface area contributed by atoms with Gasteiger partial charge in [0.2, 0.25) is 0 Å². The lowest BCUT2D eigenvalue weighted by Crippen LogP contribution is -2.18. The van der Waals surface area contributed by atoms with Crippen LogP contribution in [0.5, 0.6) is 0 Å². The van der Waals surface area contributed by atoms with Crippen molar-refractivity contribution in [2.24, 2.45) is 0 Å². The molecule has 0 radical (unpaired) electrons. The van der Waals surface area contributed by atoms with Crippen molar-refractivity contribution in [3.63, 3.8) is 0 Å². The topological polar surface area (TPSA) is 32.8 Å². The molecule has 0 spiro atoms. The number of aliphatic hydroxyl groups is 1. The lowest BCUT2D eigenvalue weighted by molar-refractivity contribution is 0.146. The Labute approximate surface area is 40.9 Å². The number of ether oxygens (including phenoxy) is 1. The largest absolute Gasteiger partial charge is 0.393 e. The molecule has 0 aromatic rings. The van der Waals surface area contributed by atoms with Crippen LogP contribution in [0.1, 0.15) is 0 Å². The monoisotopic (exact) mass is 106 g/mol. The van der Waals surface area contributed by atoms with E-state index in [1.165, 1.54) is 0 Å². The number of hydrogen-bond acceptors (Lipinski definition) is 2. The van der Waals surface area contributed by atoms with Crippen LogP contribution in [-0.2, 0) is 4.74 Å². The first-order valence-corrected chi connectivity index (χ1v) is 2.14. The molecule has 7 heavy (non-hydrogen) atoms. The van der Waals surface area contributed by atoms with Crippen LogP contribution in [-0.4, -0.2) is 30.6 Å². The number of hydrogen-bond donors (Lipinski definition) is 1. The van der Waals surface area contributed by atoms with Crippen molar-refractivity contribution >= 4 is 0 Å². The average Bonchev–Trinajstić information content (AvgIpc) is 2.46. The summed E-state index contributed by atoms with van der Waals surface area (Å²) in [4.78, 5) is 0. The Balaban J connectivity index is 2.28. The van der Waals surface area contributed by atoms with Gasteiger partial charge in [-0.15, -0.1) is 0 Å². The van der Waals surface area contributed by atoms with E-state index in [0.717, 1.165) is 0 Å². The van der Waals surface area contributed by atoms with E-state index >= 15 is 0 Å². The zero-order valence-corrected chi connectivity index (χ0v) is 3.85. The Morgan fingerprint density at radius 3 is 2.43 bits per heavy atom. The number of alkyl halides is 1. The fraction of sp³-hybridized carbons (Fsp3) is 1.00. The minimum absolute atomic E-state index is 0.191. The van der Waals surface area contributed by atoms with Gasteiger partial charge in [-0.25, -0.2) is 4.39 Å². The highest BCUT2D eigenvalue weighted by Crippen LogP contribution is 2.25. The number of halogens is 1. The highest BCUT2D eigenvalue weighted by Gasteiger charge is 2.44. The first-order chi connectivity index (χ1) is 3.33. The lowest BCUT2D eigenvalue weighted by atomic mass is 10.2. The van der Waals surface area contributed by atoms with E-state index in [9.17, 15) is 4.39 Å². The second-order valence-electron chi connectivity index (χ2n) is 1.76. The zero-order valence-electron chi connectivity index (χ0n) is 3.85. The zero-order chi connectivity index (χ0) is 5.33. The molecule has 1 atom stereocenters. The molecule has 1 fully saturated rings. The molecule has 0 bridgehead atoms. The molecule has 1 N–H and O–H groups in total. The van der Waals surface area contributed by atoms with Crippen molar-refractivity contribution in [1.29, 1.82) is 0 Å². The first kappa shape index (κ1) is 5.00. The van der Waals surface area contributed by atoms with Crippen molar-refractivity contribution in [2.45, 2.75) is 5.60 Å². The standard InChI is InChI=1S/C4H7FO2/c5-1-4(2-6)3-7-4/h6H,1-3H2. The summed E-state index contributed by atoms with van der Waals surface area (Å²) in [6.07, 6.45) is 0. The molecule has 0 aliphatic carbocycles. The molecule has 1 rings (SSSR count). The second-order valence-corrected chi connectivity index (χ2v) is 1.76. The maximum Gasteiger partial charge on any atom is 0.143 e. The van der Waals surface area contributed by atoms with Crippen LogP contribution in [0, 0.1) is 0 Å². The van der Waals surface area contributed by atoms with Crippen molar-refractivity contribution in [1.82, 2.24) is 0 Å².